The minimum Gasteiger partial charge on any atom is -0.497 e. The van der Waals surface area contributed by atoms with Gasteiger partial charge in [0.25, 0.3) is 5.91 Å². The molecule has 0 spiro atoms. The van der Waals surface area contributed by atoms with Gasteiger partial charge in [-0.25, -0.2) is 0 Å². The van der Waals surface area contributed by atoms with E-state index in [4.69, 9.17) is 9.47 Å². The van der Waals surface area contributed by atoms with Crippen molar-refractivity contribution >= 4 is 11.7 Å². The lowest BCUT2D eigenvalue weighted by Crippen LogP contribution is -2.41. The van der Waals surface area contributed by atoms with Crippen LogP contribution >= 0.6 is 0 Å². The Labute approximate surface area is 189 Å². The van der Waals surface area contributed by atoms with Crippen LogP contribution in [0.3, 0.4) is 0 Å². The summed E-state index contributed by atoms with van der Waals surface area (Å²) in [7, 11) is 1.65. The lowest BCUT2D eigenvalue weighted by Gasteiger charge is -2.37. The molecule has 1 amide bonds. The van der Waals surface area contributed by atoms with Crippen LogP contribution in [-0.2, 0) is 20.7 Å². The first kappa shape index (κ1) is 20.8. The van der Waals surface area contributed by atoms with E-state index >= 15 is 0 Å². The van der Waals surface area contributed by atoms with Crippen LogP contribution in [0, 0.1) is 11.8 Å². The van der Waals surface area contributed by atoms with Crippen molar-refractivity contribution in [3.05, 3.63) is 77.1 Å². The number of carbonyl (C=O) groups excluding carboxylic acids is 2. The molecule has 1 aliphatic carbocycles. The molecule has 0 radical (unpaired) electrons. The van der Waals surface area contributed by atoms with E-state index in [0.717, 1.165) is 36.1 Å². The molecule has 0 saturated heterocycles. The lowest BCUT2D eigenvalue weighted by atomic mass is 9.74. The first-order chi connectivity index (χ1) is 15.6. The van der Waals surface area contributed by atoms with Gasteiger partial charge in [0.15, 0.2) is 11.5 Å². The van der Waals surface area contributed by atoms with E-state index in [1.165, 1.54) is 0 Å². The second-order valence-corrected chi connectivity index (χ2v) is 9.20. The van der Waals surface area contributed by atoms with E-state index in [-0.39, 0.29) is 35.5 Å². The Morgan fingerprint density at radius 1 is 1.03 bits per heavy atom. The molecular weight excluding hydrogens is 402 g/mol. The van der Waals surface area contributed by atoms with Gasteiger partial charge < -0.3 is 14.4 Å². The molecule has 3 aliphatic rings. The summed E-state index contributed by atoms with van der Waals surface area (Å²) >= 11 is 0. The maximum absolute atomic E-state index is 13.7. The molecule has 1 fully saturated rings. The van der Waals surface area contributed by atoms with Gasteiger partial charge in [-0.1, -0.05) is 49.4 Å². The van der Waals surface area contributed by atoms with Crippen LogP contribution in [0.2, 0.25) is 0 Å². The fourth-order valence-electron chi connectivity index (χ4n) is 5.38. The predicted octanol–water partition coefficient (Wildman–Crippen LogP) is 4.48. The van der Waals surface area contributed by atoms with Crippen molar-refractivity contribution in [1.29, 1.82) is 0 Å². The highest BCUT2D eigenvalue weighted by atomic mass is 16.5. The molecule has 5 heteroatoms. The second-order valence-electron chi connectivity index (χ2n) is 9.20. The molecule has 0 aromatic heterocycles. The minimum atomic E-state index is -0.386. The van der Waals surface area contributed by atoms with E-state index in [1.807, 2.05) is 59.5 Å². The Morgan fingerprint density at radius 2 is 1.78 bits per heavy atom. The summed E-state index contributed by atoms with van der Waals surface area (Å²) in [4.78, 5) is 29.0. The first-order valence-electron chi connectivity index (χ1n) is 11.5. The standard InChI is InChI=1S/C27H29NO4/c1-17-8-13-22-21(16-17)25(29)23-24(19-6-4-3-5-7-19)28(27(30)26(23)32-22)15-14-18-9-11-20(31-2)12-10-18/h3-7,9-12,17,21-22,24H,8,13-16H2,1-2H3. The SMILES string of the molecule is COc1ccc(CCN2C(=O)C3=C(C(=O)C4CC(C)CCC4O3)C2c2ccccc2)cc1. The van der Waals surface area contributed by atoms with Crippen LogP contribution in [0.5, 0.6) is 5.75 Å². The molecule has 2 heterocycles. The molecule has 2 aliphatic heterocycles. The molecule has 4 atom stereocenters. The smallest absolute Gasteiger partial charge is 0.290 e. The first-order valence-corrected chi connectivity index (χ1v) is 11.5. The molecule has 32 heavy (non-hydrogen) atoms. The molecule has 2 aromatic rings. The van der Waals surface area contributed by atoms with Crippen molar-refractivity contribution in [3.8, 4) is 5.75 Å². The van der Waals surface area contributed by atoms with Crippen LogP contribution in [0.15, 0.2) is 65.9 Å². The minimum absolute atomic E-state index is 0.108. The summed E-state index contributed by atoms with van der Waals surface area (Å²) in [6.45, 7) is 2.71. The normalized spacial score (nSPS) is 27.1. The van der Waals surface area contributed by atoms with E-state index < -0.39 is 0 Å². The summed E-state index contributed by atoms with van der Waals surface area (Å²) < 4.78 is 11.5. The van der Waals surface area contributed by atoms with Crippen molar-refractivity contribution in [2.45, 2.75) is 44.8 Å². The number of benzene rings is 2. The maximum atomic E-state index is 13.7. The molecule has 2 aromatic carbocycles. The van der Waals surface area contributed by atoms with E-state index in [0.29, 0.717) is 24.5 Å². The van der Waals surface area contributed by atoms with Gasteiger partial charge in [-0.15, -0.1) is 0 Å². The second kappa shape index (κ2) is 8.45. The third-order valence-electron chi connectivity index (χ3n) is 7.12. The molecule has 5 nitrogen and oxygen atoms in total. The summed E-state index contributed by atoms with van der Waals surface area (Å²) in [6, 6.07) is 17.4. The zero-order valence-corrected chi connectivity index (χ0v) is 18.6. The van der Waals surface area contributed by atoms with Crippen LogP contribution in [0.25, 0.3) is 0 Å². The number of Topliss-reactive ketones (excluding diaryl/α,β-unsaturated/α-hetero) is 1. The number of carbonyl (C=O) groups is 2. The number of ketones is 1. The van der Waals surface area contributed by atoms with Gasteiger partial charge >= 0.3 is 0 Å². The van der Waals surface area contributed by atoms with Crippen LogP contribution in [-0.4, -0.2) is 36.3 Å². The fraction of sp³-hybridized carbons (Fsp3) is 0.407. The largest absolute Gasteiger partial charge is 0.497 e. The van der Waals surface area contributed by atoms with Crippen LogP contribution in [0.1, 0.15) is 43.4 Å². The molecule has 4 unspecified atom stereocenters. The Kier molecular flexibility index (Phi) is 5.50. The molecule has 1 saturated carbocycles. The van der Waals surface area contributed by atoms with Gasteiger partial charge in [-0.3, -0.25) is 9.59 Å². The topological polar surface area (TPSA) is 55.8 Å². The number of methoxy groups -OCH3 is 1. The zero-order valence-electron chi connectivity index (χ0n) is 18.6. The van der Waals surface area contributed by atoms with Crippen molar-refractivity contribution in [1.82, 2.24) is 4.90 Å². The lowest BCUT2D eigenvalue weighted by molar-refractivity contribution is -0.136. The molecule has 5 rings (SSSR count). The Morgan fingerprint density at radius 3 is 2.50 bits per heavy atom. The van der Waals surface area contributed by atoms with Gasteiger partial charge in [-0.05, 0) is 54.9 Å². The van der Waals surface area contributed by atoms with Gasteiger partial charge in [-0.2, -0.15) is 0 Å². The van der Waals surface area contributed by atoms with Crippen molar-refractivity contribution in [2.75, 3.05) is 13.7 Å². The number of rotatable bonds is 5. The fourth-order valence-corrected chi connectivity index (χ4v) is 5.38. The molecule has 0 bridgehead atoms. The van der Waals surface area contributed by atoms with Gasteiger partial charge in [0.1, 0.15) is 11.9 Å². The zero-order chi connectivity index (χ0) is 22.2. The highest BCUT2D eigenvalue weighted by Gasteiger charge is 2.52. The van der Waals surface area contributed by atoms with Gasteiger partial charge in [0.05, 0.1) is 24.6 Å². The highest BCUT2D eigenvalue weighted by Crippen LogP contribution is 2.47. The van der Waals surface area contributed by atoms with E-state index in [2.05, 4.69) is 6.92 Å². The number of ether oxygens (including phenoxy) is 2. The number of hydrogen-bond donors (Lipinski definition) is 0. The quantitative estimate of drug-likeness (QED) is 0.701. The average Bonchev–Trinajstić information content (AvgIpc) is 3.11. The Bertz CT molecular complexity index is 1040. The van der Waals surface area contributed by atoms with Crippen molar-refractivity contribution in [2.24, 2.45) is 11.8 Å². The molecule has 0 N–H and O–H groups in total. The van der Waals surface area contributed by atoms with Crippen molar-refractivity contribution in [3.63, 3.8) is 0 Å². The summed E-state index contributed by atoms with van der Waals surface area (Å²) in [5.41, 5.74) is 2.64. The number of nitrogens with zero attached hydrogens (tertiary/aromatic N) is 1. The van der Waals surface area contributed by atoms with E-state index in [9.17, 15) is 9.59 Å². The van der Waals surface area contributed by atoms with Gasteiger partial charge in [0, 0.05) is 6.54 Å². The maximum Gasteiger partial charge on any atom is 0.290 e. The molecule has 166 valence electrons. The summed E-state index contributed by atoms with van der Waals surface area (Å²) in [5, 5.41) is 0. The highest BCUT2D eigenvalue weighted by molar-refractivity contribution is 6.11. The number of amides is 1. The van der Waals surface area contributed by atoms with Gasteiger partial charge in [0.2, 0.25) is 0 Å². The van der Waals surface area contributed by atoms with Crippen molar-refractivity contribution < 1.29 is 19.1 Å². The summed E-state index contributed by atoms with van der Waals surface area (Å²) in [6.07, 6.45) is 3.23. The number of fused-ring (bicyclic) bond motifs is 1. The molecular formula is C27H29NO4. The predicted molar refractivity (Wildman–Crippen MR) is 121 cm³/mol. The Balaban J connectivity index is 1.46. The van der Waals surface area contributed by atoms with Crippen LogP contribution < -0.4 is 4.74 Å². The Hall–Kier alpha value is -3.08. The monoisotopic (exact) mass is 431 g/mol. The summed E-state index contributed by atoms with van der Waals surface area (Å²) in [5.74, 6) is 1.41. The average molecular weight is 432 g/mol. The third-order valence-corrected chi connectivity index (χ3v) is 7.12. The van der Waals surface area contributed by atoms with E-state index in [1.54, 1.807) is 7.11 Å². The third kappa shape index (κ3) is 3.60. The van der Waals surface area contributed by atoms with Crippen LogP contribution in [0.4, 0.5) is 0 Å². The number of hydrogen-bond acceptors (Lipinski definition) is 4.